The minimum Gasteiger partial charge on any atom is -0.381 e. The van der Waals surface area contributed by atoms with E-state index < -0.39 is 0 Å². The molecule has 1 heterocycles. The molecule has 1 unspecified atom stereocenters. The maximum Gasteiger partial charge on any atom is 0.0697 e. The smallest absolute Gasteiger partial charge is 0.0697 e. The van der Waals surface area contributed by atoms with E-state index in [1.165, 1.54) is 5.69 Å². The van der Waals surface area contributed by atoms with E-state index in [0.29, 0.717) is 0 Å². The van der Waals surface area contributed by atoms with Crippen molar-refractivity contribution in [2.45, 2.75) is 39.3 Å². The fourth-order valence-electron chi connectivity index (χ4n) is 2.22. The summed E-state index contributed by atoms with van der Waals surface area (Å²) in [6.07, 6.45) is 3.92. The monoisotopic (exact) mass is 360 g/mol. The summed E-state index contributed by atoms with van der Waals surface area (Å²) in [7, 11) is 4.16. The van der Waals surface area contributed by atoms with Gasteiger partial charge in [-0.2, -0.15) is 5.10 Å². The van der Waals surface area contributed by atoms with E-state index in [1.54, 1.807) is 0 Å². The third kappa shape index (κ3) is 6.46. The van der Waals surface area contributed by atoms with Crippen LogP contribution in [0.25, 0.3) is 0 Å². The first kappa shape index (κ1) is 18.6. The predicted octanol–water partition coefficient (Wildman–Crippen LogP) is 2.67. The molecule has 0 aliphatic carbocycles. The molecular formula is C15H29BrN4O. The Kier molecular flexibility index (Phi) is 9.15. The molecule has 0 radical (unpaired) electrons. The van der Waals surface area contributed by atoms with Crippen molar-refractivity contribution in [3.63, 3.8) is 0 Å². The van der Waals surface area contributed by atoms with Crippen LogP contribution in [0.1, 0.15) is 38.4 Å². The fraction of sp³-hybridized carbons (Fsp3) is 0.800. The molecule has 0 amide bonds. The molecule has 21 heavy (non-hydrogen) atoms. The molecule has 0 aliphatic rings. The second kappa shape index (κ2) is 10.3. The molecule has 6 heteroatoms. The second-order valence-electron chi connectivity index (χ2n) is 5.42. The van der Waals surface area contributed by atoms with Crippen LogP contribution in [0.5, 0.6) is 0 Å². The average molecular weight is 361 g/mol. The van der Waals surface area contributed by atoms with Crippen molar-refractivity contribution in [2.24, 2.45) is 0 Å². The molecule has 0 aromatic carbocycles. The standard InChI is InChI=1S/C15H29BrN4O/c1-5-10-21-11-7-14(17-6-2)15-13(16)12-18-20(15)9-8-19(3)4/h12,14,17H,5-11H2,1-4H3. The van der Waals surface area contributed by atoms with Gasteiger partial charge in [-0.05, 0) is 49.4 Å². The van der Waals surface area contributed by atoms with Crippen molar-refractivity contribution in [3.8, 4) is 0 Å². The van der Waals surface area contributed by atoms with Gasteiger partial charge < -0.3 is 15.0 Å². The summed E-state index contributed by atoms with van der Waals surface area (Å²) in [5.41, 5.74) is 1.22. The van der Waals surface area contributed by atoms with E-state index in [2.05, 4.69) is 63.9 Å². The molecule has 0 saturated heterocycles. The molecule has 5 nitrogen and oxygen atoms in total. The zero-order chi connectivity index (χ0) is 15.7. The van der Waals surface area contributed by atoms with Crippen molar-refractivity contribution >= 4 is 15.9 Å². The van der Waals surface area contributed by atoms with Gasteiger partial charge in [-0.15, -0.1) is 0 Å². The van der Waals surface area contributed by atoms with Crippen LogP contribution in [-0.2, 0) is 11.3 Å². The predicted molar refractivity (Wildman–Crippen MR) is 90.6 cm³/mol. The molecule has 0 saturated carbocycles. The van der Waals surface area contributed by atoms with Gasteiger partial charge in [-0.3, -0.25) is 4.68 Å². The lowest BCUT2D eigenvalue weighted by molar-refractivity contribution is 0.123. The van der Waals surface area contributed by atoms with Crippen LogP contribution < -0.4 is 5.32 Å². The summed E-state index contributed by atoms with van der Waals surface area (Å²) in [5, 5.41) is 8.04. The van der Waals surface area contributed by atoms with Gasteiger partial charge in [0.25, 0.3) is 0 Å². The Morgan fingerprint density at radius 1 is 1.38 bits per heavy atom. The van der Waals surface area contributed by atoms with Crippen molar-refractivity contribution in [1.29, 1.82) is 0 Å². The Morgan fingerprint density at radius 2 is 2.14 bits per heavy atom. The van der Waals surface area contributed by atoms with Gasteiger partial charge in [0.2, 0.25) is 0 Å². The summed E-state index contributed by atoms with van der Waals surface area (Å²) < 4.78 is 8.81. The van der Waals surface area contributed by atoms with Crippen molar-refractivity contribution in [2.75, 3.05) is 40.4 Å². The highest BCUT2D eigenvalue weighted by molar-refractivity contribution is 9.10. The first-order valence-corrected chi connectivity index (χ1v) is 8.56. The van der Waals surface area contributed by atoms with Crippen LogP contribution in [0.4, 0.5) is 0 Å². The Bertz CT molecular complexity index is 395. The third-order valence-corrected chi connectivity index (χ3v) is 3.88. The van der Waals surface area contributed by atoms with Crippen LogP contribution in [0.15, 0.2) is 10.7 Å². The maximum absolute atomic E-state index is 5.64. The molecule has 122 valence electrons. The summed E-state index contributed by atoms with van der Waals surface area (Å²) >= 11 is 3.64. The number of ether oxygens (including phenoxy) is 1. The summed E-state index contributed by atoms with van der Waals surface area (Å²) in [6.45, 7) is 8.68. The number of nitrogens with zero attached hydrogens (tertiary/aromatic N) is 3. The fourth-order valence-corrected chi connectivity index (χ4v) is 2.79. The van der Waals surface area contributed by atoms with E-state index >= 15 is 0 Å². The van der Waals surface area contributed by atoms with Crippen molar-refractivity contribution in [1.82, 2.24) is 20.0 Å². The number of aromatic nitrogens is 2. The number of likely N-dealkylation sites (N-methyl/N-ethyl adjacent to an activating group) is 1. The molecule has 1 N–H and O–H groups in total. The number of hydrogen-bond acceptors (Lipinski definition) is 4. The highest BCUT2D eigenvalue weighted by atomic mass is 79.9. The van der Waals surface area contributed by atoms with Crippen LogP contribution >= 0.6 is 15.9 Å². The molecule has 1 atom stereocenters. The molecule has 0 spiro atoms. The van der Waals surface area contributed by atoms with E-state index in [0.717, 1.165) is 50.2 Å². The Balaban J connectivity index is 2.73. The van der Waals surface area contributed by atoms with E-state index in [-0.39, 0.29) is 6.04 Å². The lowest BCUT2D eigenvalue weighted by Gasteiger charge is -2.21. The van der Waals surface area contributed by atoms with Crippen LogP contribution in [0.2, 0.25) is 0 Å². The summed E-state index contributed by atoms with van der Waals surface area (Å²) in [5.74, 6) is 0. The van der Waals surface area contributed by atoms with E-state index in [9.17, 15) is 0 Å². The highest BCUT2D eigenvalue weighted by Gasteiger charge is 2.19. The SMILES string of the molecule is CCCOCCC(NCC)c1c(Br)cnn1CCN(C)C. The van der Waals surface area contributed by atoms with Gasteiger partial charge in [0.1, 0.15) is 0 Å². The zero-order valence-electron chi connectivity index (χ0n) is 13.7. The van der Waals surface area contributed by atoms with E-state index in [4.69, 9.17) is 4.74 Å². The molecule has 0 fully saturated rings. The Morgan fingerprint density at radius 3 is 2.76 bits per heavy atom. The largest absolute Gasteiger partial charge is 0.381 e. The highest BCUT2D eigenvalue weighted by Crippen LogP contribution is 2.25. The summed E-state index contributed by atoms with van der Waals surface area (Å²) in [4.78, 5) is 2.17. The van der Waals surface area contributed by atoms with Gasteiger partial charge in [-0.25, -0.2) is 0 Å². The number of rotatable bonds is 11. The number of halogens is 1. The zero-order valence-corrected chi connectivity index (χ0v) is 15.3. The normalized spacial score (nSPS) is 13.0. The van der Waals surface area contributed by atoms with Gasteiger partial charge in [-0.1, -0.05) is 13.8 Å². The first-order valence-electron chi connectivity index (χ1n) is 7.77. The van der Waals surface area contributed by atoms with Gasteiger partial charge in [0, 0.05) is 19.8 Å². The second-order valence-corrected chi connectivity index (χ2v) is 6.27. The Labute approximate surface area is 137 Å². The minimum absolute atomic E-state index is 0.269. The van der Waals surface area contributed by atoms with Crippen LogP contribution in [0, 0.1) is 0 Å². The molecule has 0 bridgehead atoms. The quantitative estimate of drug-likeness (QED) is 0.616. The van der Waals surface area contributed by atoms with Crippen molar-refractivity contribution in [3.05, 3.63) is 16.4 Å². The molecular weight excluding hydrogens is 332 g/mol. The molecule has 1 aromatic rings. The van der Waals surface area contributed by atoms with E-state index in [1.807, 2.05) is 6.20 Å². The lowest BCUT2D eigenvalue weighted by atomic mass is 10.1. The van der Waals surface area contributed by atoms with Gasteiger partial charge >= 0.3 is 0 Å². The van der Waals surface area contributed by atoms with Crippen molar-refractivity contribution < 1.29 is 4.74 Å². The lowest BCUT2D eigenvalue weighted by Crippen LogP contribution is -2.27. The number of hydrogen-bond donors (Lipinski definition) is 1. The topological polar surface area (TPSA) is 42.3 Å². The van der Waals surface area contributed by atoms with Gasteiger partial charge in [0.15, 0.2) is 0 Å². The number of nitrogens with one attached hydrogen (secondary N) is 1. The maximum atomic E-state index is 5.64. The van der Waals surface area contributed by atoms with Crippen LogP contribution in [-0.4, -0.2) is 55.1 Å². The third-order valence-electron chi connectivity index (χ3n) is 3.27. The molecule has 0 aliphatic heterocycles. The first-order chi connectivity index (χ1) is 10.1. The Hall–Kier alpha value is -0.430. The van der Waals surface area contributed by atoms with Crippen LogP contribution in [0.3, 0.4) is 0 Å². The molecule has 1 rings (SSSR count). The molecule has 1 aromatic heterocycles. The average Bonchev–Trinajstić information content (AvgIpc) is 2.81. The summed E-state index contributed by atoms with van der Waals surface area (Å²) in [6, 6.07) is 0.269. The van der Waals surface area contributed by atoms with Gasteiger partial charge in [0.05, 0.1) is 29.0 Å². The minimum atomic E-state index is 0.269.